The summed E-state index contributed by atoms with van der Waals surface area (Å²) in [4.78, 5) is 0. The van der Waals surface area contributed by atoms with Crippen LogP contribution in [-0.4, -0.2) is 6.04 Å². The summed E-state index contributed by atoms with van der Waals surface area (Å²) in [6.07, 6.45) is 3.61. The first-order valence-electron chi connectivity index (χ1n) is 6.02. The second-order valence-electron chi connectivity index (χ2n) is 4.28. The van der Waals surface area contributed by atoms with E-state index in [1.807, 2.05) is 24.3 Å². The first-order valence-corrected chi connectivity index (χ1v) is 6.02. The van der Waals surface area contributed by atoms with Gasteiger partial charge in [0.15, 0.2) is 0 Å². The number of nitrogens with zero attached hydrogens (tertiary/aromatic N) is 1. The molecular weight excluding hydrogens is 228 g/mol. The fraction of sp³-hybridized carbons (Fsp3) is 0.357. The molecule has 94 valence electrons. The van der Waals surface area contributed by atoms with Crippen molar-refractivity contribution < 1.29 is 8.83 Å². The topological polar surface area (TPSA) is 62.1 Å². The van der Waals surface area contributed by atoms with Crippen LogP contribution >= 0.6 is 0 Å². The lowest BCUT2D eigenvalue weighted by Gasteiger charge is -2.11. The van der Waals surface area contributed by atoms with E-state index in [0.717, 1.165) is 24.4 Å². The van der Waals surface area contributed by atoms with E-state index in [9.17, 15) is 0 Å². The highest BCUT2D eigenvalue weighted by molar-refractivity contribution is 5.18. The molecule has 0 amide bonds. The van der Waals surface area contributed by atoms with E-state index < -0.39 is 0 Å². The molecule has 0 fully saturated rings. The Kier molecular flexibility index (Phi) is 4.21. The third-order valence-electron chi connectivity index (χ3n) is 2.80. The summed E-state index contributed by atoms with van der Waals surface area (Å²) < 4.78 is 10.6. The van der Waals surface area contributed by atoms with Crippen molar-refractivity contribution in [2.75, 3.05) is 0 Å². The molecule has 0 aliphatic rings. The molecule has 2 aromatic rings. The first kappa shape index (κ1) is 12.5. The summed E-state index contributed by atoms with van der Waals surface area (Å²) in [7, 11) is 0. The van der Waals surface area contributed by atoms with Crippen LogP contribution in [0.4, 0.5) is 0 Å². The number of nitrogens with one attached hydrogen (secondary N) is 1. The molecule has 0 aliphatic heterocycles. The summed E-state index contributed by atoms with van der Waals surface area (Å²) in [5.74, 6) is 2.15. The van der Waals surface area contributed by atoms with Crippen molar-refractivity contribution in [1.82, 2.24) is 5.32 Å². The SMILES string of the molecule is CC(CCc1ccco1)NCc1ccc(C#N)o1. The van der Waals surface area contributed by atoms with Crippen LogP contribution < -0.4 is 5.32 Å². The third-order valence-corrected chi connectivity index (χ3v) is 2.80. The quantitative estimate of drug-likeness (QED) is 0.848. The summed E-state index contributed by atoms with van der Waals surface area (Å²) in [5, 5.41) is 12.0. The van der Waals surface area contributed by atoms with Gasteiger partial charge in [-0.15, -0.1) is 0 Å². The van der Waals surface area contributed by atoms with Crippen LogP contribution in [0.3, 0.4) is 0 Å². The molecule has 0 bridgehead atoms. The molecule has 2 rings (SSSR count). The number of rotatable bonds is 6. The molecule has 18 heavy (non-hydrogen) atoms. The van der Waals surface area contributed by atoms with Gasteiger partial charge in [0, 0.05) is 12.5 Å². The minimum absolute atomic E-state index is 0.357. The van der Waals surface area contributed by atoms with E-state index in [4.69, 9.17) is 14.1 Å². The van der Waals surface area contributed by atoms with Gasteiger partial charge in [-0.2, -0.15) is 5.26 Å². The fourth-order valence-electron chi connectivity index (χ4n) is 1.72. The standard InChI is InChI=1S/C14H16N2O2/c1-11(4-5-12-3-2-8-17-12)16-10-14-7-6-13(9-15)18-14/h2-3,6-8,11,16H,4-5,10H2,1H3. The highest BCUT2D eigenvalue weighted by Gasteiger charge is 2.06. The lowest BCUT2D eigenvalue weighted by atomic mass is 10.1. The monoisotopic (exact) mass is 244 g/mol. The van der Waals surface area contributed by atoms with Gasteiger partial charge >= 0.3 is 0 Å². The molecule has 2 aromatic heterocycles. The molecule has 1 N–H and O–H groups in total. The highest BCUT2D eigenvalue weighted by atomic mass is 16.3. The lowest BCUT2D eigenvalue weighted by Crippen LogP contribution is -2.25. The van der Waals surface area contributed by atoms with E-state index in [2.05, 4.69) is 12.2 Å². The van der Waals surface area contributed by atoms with Gasteiger partial charge in [-0.05, 0) is 37.6 Å². The van der Waals surface area contributed by atoms with E-state index in [-0.39, 0.29) is 0 Å². The lowest BCUT2D eigenvalue weighted by molar-refractivity contribution is 0.425. The minimum Gasteiger partial charge on any atom is -0.469 e. The Morgan fingerprint density at radius 1 is 1.33 bits per heavy atom. The van der Waals surface area contributed by atoms with Crippen LogP contribution in [0.2, 0.25) is 0 Å². The average molecular weight is 244 g/mol. The molecule has 1 atom stereocenters. The molecule has 0 radical (unpaired) electrons. The van der Waals surface area contributed by atoms with Crippen molar-refractivity contribution in [3.63, 3.8) is 0 Å². The maximum atomic E-state index is 8.64. The summed E-state index contributed by atoms with van der Waals surface area (Å²) >= 11 is 0. The predicted molar refractivity (Wildman–Crippen MR) is 66.8 cm³/mol. The van der Waals surface area contributed by atoms with Gasteiger partial charge in [0.05, 0.1) is 12.8 Å². The molecule has 0 saturated heterocycles. The van der Waals surface area contributed by atoms with Crippen LogP contribution in [0.1, 0.15) is 30.6 Å². The van der Waals surface area contributed by atoms with Gasteiger partial charge in [0.1, 0.15) is 17.6 Å². The second-order valence-corrected chi connectivity index (χ2v) is 4.28. The van der Waals surface area contributed by atoms with Crippen LogP contribution in [0, 0.1) is 11.3 Å². The van der Waals surface area contributed by atoms with Crippen molar-refractivity contribution in [3.8, 4) is 6.07 Å². The van der Waals surface area contributed by atoms with Crippen LogP contribution in [0.5, 0.6) is 0 Å². The summed E-state index contributed by atoms with van der Waals surface area (Å²) in [5.41, 5.74) is 0. The largest absolute Gasteiger partial charge is 0.469 e. The van der Waals surface area contributed by atoms with Crippen molar-refractivity contribution in [1.29, 1.82) is 5.26 Å². The number of hydrogen-bond acceptors (Lipinski definition) is 4. The molecule has 4 heteroatoms. The van der Waals surface area contributed by atoms with Crippen molar-refractivity contribution in [3.05, 3.63) is 47.8 Å². The normalized spacial score (nSPS) is 12.2. The van der Waals surface area contributed by atoms with Crippen LogP contribution in [-0.2, 0) is 13.0 Å². The number of aryl methyl sites for hydroxylation is 1. The zero-order valence-corrected chi connectivity index (χ0v) is 10.3. The van der Waals surface area contributed by atoms with E-state index in [1.54, 1.807) is 12.3 Å². The van der Waals surface area contributed by atoms with E-state index in [0.29, 0.717) is 18.3 Å². The van der Waals surface area contributed by atoms with Crippen LogP contribution in [0.15, 0.2) is 39.4 Å². The average Bonchev–Trinajstić information content (AvgIpc) is 3.04. The molecule has 0 spiro atoms. The molecule has 0 aliphatic carbocycles. The Labute approximate surface area is 106 Å². The molecule has 2 heterocycles. The maximum absolute atomic E-state index is 8.64. The summed E-state index contributed by atoms with van der Waals surface area (Å²) in [6.45, 7) is 2.76. The van der Waals surface area contributed by atoms with Crippen molar-refractivity contribution in [2.45, 2.75) is 32.4 Å². The van der Waals surface area contributed by atoms with Crippen molar-refractivity contribution >= 4 is 0 Å². The predicted octanol–water partition coefficient (Wildman–Crippen LogP) is 2.86. The Bertz CT molecular complexity index is 508. The Hall–Kier alpha value is -1.99. The maximum Gasteiger partial charge on any atom is 0.203 e. The van der Waals surface area contributed by atoms with Crippen molar-refractivity contribution in [2.24, 2.45) is 0 Å². The van der Waals surface area contributed by atoms with Gasteiger partial charge in [0.25, 0.3) is 0 Å². The number of hydrogen-bond donors (Lipinski definition) is 1. The zero-order chi connectivity index (χ0) is 12.8. The smallest absolute Gasteiger partial charge is 0.203 e. The molecule has 1 unspecified atom stereocenters. The Morgan fingerprint density at radius 2 is 2.22 bits per heavy atom. The fourth-order valence-corrected chi connectivity index (χ4v) is 1.72. The van der Waals surface area contributed by atoms with Gasteiger partial charge in [-0.3, -0.25) is 0 Å². The molecule has 0 aromatic carbocycles. The van der Waals surface area contributed by atoms with E-state index >= 15 is 0 Å². The minimum atomic E-state index is 0.357. The summed E-state index contributed by atoms with van der Waals surface area (Å²) in [6, 6.07) is 9.73. The van der Waals surface area contributed by atoms with Crippen LogP contribution in [0.25, 0.3) is 0 Å². The number of furan rings is 2. The van der Waals surface area contributed by atoms with Gasteiger partial charge in [-0.1, -0.05) is 0 Å². The van der Waals surface area contributed by atoms with E-state index in [1.165, 1.54) is 0 Å². The molecule has 0 saturated carbocycles. The second kappa shape index (κ2) is 6.08. The number of nitriles is 1. The Balaban J connectivity index is 1.71. The highest BCUT2D eigenvalue weighted by Crippen LogP contribution is 2.08. The molecular formula is C14H16N2O2. The first-order chi connectivity index (χ1) is 8.78. The molecule has 4 nitrogen and oxygen atoms in total. The third kappa shape index (κ3) is 3.51. The zero-order valence-electron chi connectivity index (χ0n) is 10.3. The van der Waals surface area contributed by atoms with Gasteiger partial charge < -0.3 is 14.2 Å². The Morgan fingerprint density at radius 3 is 2.89 bits per heavy atom. The van der Waals surface area contributed by atoms with Gasteiger partial charge in [-0.25, -0.2) is 0 Å². The van der Waals surface area contributed by atoms with Gasteiger partial charge in [0.2, 0.25) is 5.76 Å².